The van der Waals surface area contributed by atoms with Crippen LogP contribution in [0.5, 0.6) is 5.75 Å². The summed E-state index contributed by atoms with van der Waals surface area (Å²) in [4.78, 5) is 49.5. The van der Waals surface area contributed by atoms with Gasteiger partial charge >= 0.3 is 6.09 Å². The van der Waals surface area contributed by atoms with Crippen molar-refractivity contribution in [1.82, 2.24) is 16.0 Å². The molecule has 43 heavy (non-hydrogen) atoms. The monoisotopic (exact) mass is 595 g/mol. The van der Waals surface area contributed by atoms with Gasteiger partial charge in [-0.15, -0.1) is 0 Å². The van der Waals surface area contributed by atoms with Gasteiger partial charge in [-0.3, -0.25) is 14.4 Å². The van der Waals surface area contributed by atoms with Gasteiger partial charge in [-0.05, 0) is 50.5 Å². The third-order valence-electron chi connectivity index (χ3n) is 6.65. The molecule has 1 fully saturated rings. The van der Waals surface area contributed by atoms with E-state index in [4.69, 9.17) is 14.2 Å². The number of ether oxygens (including phenoxy) is 3. The van der Waals surface area contributed by atoms with Gasteiger partial charge in [-0.1, -0.05) is 78.4 Å². The fraction of sp³-hybridized carbons (Fsp3) is 0.333. The highest BCUT2D eigenvalue weighted by Gasteiger charge is 2.50. The van der Waals surface area contributed by atoms with E-state index in [1.807, 2.05) is 84.9 Å². The van der Waals surface area contributed by atoms with E-state index in [1.165, 1.54) is 12.5 Å². The molecule has 1 aliphatic heterocycles. The second-order valence-electron chi connectivity index (χ2n) is 10.4. The predicted molar refractivity (Wildman–Crippen MR) is 168 cm³/mol. The zero-order chi connectivity index (χ0) is 31.2. The molecule has 4 rings (SSSR count). The maximum atomic E-state index is 12.8. The number of methoxy groups -OCH3 is 1. The van der Waals surface area contributed by atoms with E-state index in [0.29, 0.717) is 13.0 Å². The predicted octanol–water partition coefficient (Wildman–Crippen LogP) is 4.24. The Bertz CT molecular complexity index is 1360. The average Bonchev–Trinajstić information content (AvgIpc) is 3.78. The maximum Gasteiger partial charge on any atom is 0.408 e. The van der Waals surface area contributed by atoms with Crippen molar-refractivity contribution < 1.29 is 37.7 Å². The van der Waals surface area contributed by atoms with Crippen LogP contribution in [0.4, 0.5) is 4.79 Å². The Morgan fingerprint density at radius 3 is 2.05 bits per heavy atom. The van der Waals surface area contributed by atoms with Crippen molar-refractivity contribution in [1.29, 1.82) is 0 Å². The molecule has 234 valence electrons. The molecular formula is C33H45N3O7. The first-order chi connectivity index (χ1) is 20.6. The fourth-order valence-electron chi connectivity index (χ4n) is 3.93. The van der Waals surface area contributed by atoms with E-state index in [0.717, 1.165) is 16.9 Å². The van der Waals surface area contributed by atoms with Crippen LogP contribution in [0.15, 0.2) is 84.9 Å². The summed E-state index contributed by atoms with van der Waals surface area (Å²) in [5, 5.41) is 7.57. The number of rotatable bonds is 12. The summed E-state index contributed by atoms with van der Waals surface area (Å²) in [6, 6.07) is 24.7. The maximum absolute atomic E-state index is 12.8. The number of carbonyl (C=O) groups is 4. The Morgan fingerprint density at radius 1 is 0.907 bits per heavy atom. The van der Waals surface area contributed by atoms with Crippen LogP contribution in [0, 0.1) is 6.92 Å². The van der Waals surface area contributed by atoms with Crippen molar-refractivity contribution in [2.24, 2.45) is 0 Å². The van der Waals surface area contributed by atoms with E-state index in [-0.39, 0.29) is 23.2 Å². The normalized spacial score (nSPS) is 16.3. The van der Waals surface area contributed by atoms with E-state index < -0.39 is 35.6 Å². The van der Waals surface area contributed by atoms with Crippen LogP contribution in [-0.4, -0.2) is 61.6 Å². The lowest BCUT2D eigenvalue weighted by Crippen LogP contribution is -2.52. The SMILES string of the molecule is COc1ccc(C)cc1.C[C@@H](NC(=O)OCc1ccccc1)C(=O)NCC(=O)N[C@@H](Cc1ccccc1)C(=O)[C@@]1(C)CO1.[HH].[HH].[HH]. The molecular weight excluding hydrogens is 550 g/mol. The Hall–Kier alpha value is -4.70. The average molecular weight is 596 g/mol. The summed E-state index contributed by atoms with van der Waals surface area (Å²) < 4.78 is 15.3. The van der Waals surface area contributed by atoms with Crippen LogP contribution >= 0.6 is 0 Å². The molecule has 1 saturated heterocycles. The minimum Gasteiger partial charge on any atom is -0.497 e. The fourth-order valence-corrected chi connectivity index (χ4v) is 3.93. The Labute approximate surface area is 256 Å². The number of Topliss-reactive ketones (excluding diaryl/α,β-unsaturated/α-hetero) is 1. The van der Waals surface area contributed by atoms with Crippen molar-refractivity contribution in [3.05, 3.63) is 102 Å². The van der Waals surface area contributed by atoms with Gasteiger partial charge in [0, 0.05) is 4.28 Å². The molecule has 3 aromatic rings. The topological polar surface area (TPSA) is 135 Å². The van der Waals surface area contributed by atoms with Crippen LogP contribution in [-0.2, 0) is 36.9 Å². The molecule has 10 heteroatoms. The highest BCUT2D eigenvalue weighted by molar-refractivity contribution is 5.97. The smallest absolute Gasteiger partial charge is 0.408 e. The number of aryl methyl sites for hydroxylation is 1. The van der Waals surface area contributed by atoms with Crippen LogP contribution in [0.25, 0.3) is 0 Å². The second-order valence-corrected chi connectivity index (χ2v) is 10.4. The zero-order valence-corrected chi connectivity index (χ0v) is 24.9. The molecule has 3 atom stereocenters. The largest absolute Gasteiger partial charge is 0.497 e. The molecule has 1 heterocycles. The van der Waals surface area contributed by atoms with Gasteiger partial charge in [-0.25, -0.2) is 4.79 Å². The first-order valence-corrected chi connectivity index (χ1v) is 14.0. The van der Waals surface area contributed by atoms with Crippen LogP contribution in [0.3, 0.4) is 0 Å². The van der Waals surface area contributed by atoms with Gasteiger partial charge in [0.1, 0.15) is 24.0 Å². The number of ketones is 1. The zero-order valence-electron chi connectivity index (χ0n) is 24.9. The molecule has 0 aromatic heterocycles. The molecule has 3 N–H and O–H groups in total. The van der Waals surface area contributed by atoms with Crippen molar-refractivity contribution in [2.45, 2.75) is 51.5 Å². The number of benzene rings is 3. The Kier molecular flexibility index (Phi) is 12.3. The lowest BCUT2D eigenvalue weighted by Gasteiger charge is -2.20. The Morgan fingerprint density at radius 2 is 1.49 bits per heavy atom. The van der Waals surface area contributed by atoms with Crippen molar-refractivity contribution in [3.63, 3.8) is 0 Å². The second kappa shape index (κ2) is 16.1. The third-order valence-corrected chi connectivity index (χ3v) is 6.65. The minimum atomic E-state index is -0.920. The minimum absolute atomic E-state index is 0. The van der Waals surface area contributed by atoms with Crippen molar-refractivity contribution in [2.75, 3.05) is 20.3 Å². The molecule has 0 aliphatic carbocycles. The van der Waals surface area contributed by atoms with Crippen LogP contribution < -0.4 is 20.7 Å². The number of amides is 3. The lowest BCUT2D eigenvalue weighted by atomic mass is 9.95. The molecule has 0 saturated carbocycles. The molecule has 0 bridgehead atoms. The van der Waals surface area contributed by atoms with E-state index in [1.54, 1.807) is 14.0 Å². The van der Waals surface area contributed by atoms with Gasteiger partial charge in [0.15, 0.2) is 5.78 Å². The van der Waals surface area contributed by atoms with E-state index in [9.17, 15) is 19.2 Å². The number of carbonyl (C=O) groups excluding carboxylic acids is 4. The lowest BCUT2D eigenvalue weighted by molar-refractivity contribution is -0.131. The number of hydrogen-bond acceptors (Lipinski definition) is 7. The molecule has 10 nitrogen and oxygen atoms in total. The summed E-state index contributed by atoms with van der Waals surface area (Å²) in [5.74, 6) is -0.381. The molecule has 1 aliphatic rings. The number of alkyl carbamates (subject to hydrolysis) is 1. The molecule has 0 radical (unpaired) electrons. The molecule has 3 aromatic carbocycles. The van der Waals surface area contributed by atoms with E-state index in [2.05, 4.69) is 22.9 Å². The summed E-state index contributed by atoms with van der Waals surface area (Å²) in [6.07, 6.45) is -0.439. The first-order valence-electron chi connectivity index (χ1n) is 14.0. The summed E-state index contributed by atoms with van der Waals surface area (Å²) in [6.45, 7) is 5.26. The van der Waals surface area contributed by atoms with Gasteiger partial charge in [0.25, 0.3) is 0 Å². The van der Waals surface area contributed by atoms with Gasteiger partial charge in [0.05, 0.1) is 26.3 Å². The number of hydrogen-bond donors (Lipinski definition) is 3. The molecule has 3 amide bonds. The number of epoxide rings is 1. The van der Waals surface area contributed by atoms with Crippen LogP contribution in [0.2, 0.25) is 0 Å². The number of nitrogens with one attached hydrogen (secondary N) is 3. The standard InChI is InChI=1S/C25H29N3O6.C8H10O.3H2/c1-17(27-24(32)33-15-19-11-7-4-8-12-19)23(31)26-14-21(29)28-20(22(30)25(2)16-34-25)13-18-9-5-3-6-10-18;1-7-3-5-8(9-2)6-4-7;;;/h3-12,17,20H,13-16H2,1-2H3,(H,26,31)(H,27,32)(H,28,29);3-6H,1-2H3;3*1H/t17-,20+,25-;;;;/m1..../s1. The van der Waals surface area contributed by atoms with Gasteiger partial charge in [-0.2, -0.15) is 0 Å². The molecule has 0 unspecified atom stereocenters. The highest BCUT2D eigenvalue weighted by Crippen LogP contribution is 2.29. The first kappa shape index (κ1) is 32.8. The van der Waals surface area contributed by atoms with E-state index >= 15 is 0 Å². The van der Waals surface area contributed by atoms with Crippen molar-refractivity contribution >= 4 is 23.7 Å². The van der Waals surface area contributed by atoms with Gasteiger partial charge in [0.2, 0.25) is 11.8 Å². The summed E-state index contributed by atoms with van der Waals surface area (Å²) >= 11 is 0. The highest BCUT2D eigenvalue weighted by atomic mass is 16.6. The summed E-state index contributed by atoms with van der Waals surface area (Å²) in [5.41, 5.74) is 2.07. The van der Waals surface area contributed by atoms with Crippen LogP contribution in [0.1, 0.15) is 34.8 Å². The van der Waals surface area contributed by atoms with Gasteiger partial charge < -0.3 is 30.2 Å². The summed E-state index contributed by atoms with van der Waals surface area (Å²) in [7, 11) is 1.67. The Balaban J connectivity index is 0.00000146. The molecule has 0 spiro atoms. The third kappa shape index (κ3) is 11.2. The quantitative estimate of drug-likeness (QED) is 0.267. The van der Waals surface area contributed by atoms with Crippen molar-refractivity contribution in [3.8, 4) is 5.75 Å².